The Bertz CT molecular complexity index is 363. The molecule has 2 N–H and O–H groups in total. The van der Waals surface area contributed by atoms with Crippen LogP contribution in [0.15, 0.2) is 0 Å². The van der Waals surface area contributed by atoms with Crippen LogP contribution < -0.4 is 10.0 Å². The first-order valence-electron chi connectivity index (χ1n) is 7.24. The highest BCUT2D eigenvalue weighted by molar-refractivity contribution is 7.87. The number of hydrogen-bond acceptors (Lipinski definition) is 3. The molecule has 19 heavy (non-hydrogen) atoms. The van der Waals surface area contributed by atoms with Gasteiger partial charge in [0.15, 0.2) is 0 Å². The number of nitrogens with one attached hydrogen (secondary N) is 2. The summed E-state index contributed by atoms with van der Waals surface area (Å²) in [7, 11) is -3.35. The minimum absolute atomic E-state index is 0.424. The van der Waals surface area contributed by atoms with Crippen molar-refractivity contribution in [2.75, 3.05) is 26.2 Å². The molecule has 0 aromatic heterocycles. The van der Waals surface area contributed by atoms with E-state index in [1.807, 2.05) is 20.8 Å². The number of hydrogen-bond donors (Lipinski definition) is 2. The topological polar surface area (TPSA) is 61.4 Å². The van der Waals surface area contributed by atoms with E-state index < -0.39 is 15.7 Å². The zero-order chi connectivity index (χ0) is 14.5. The van der Waals surface area contributed by atoms with Gasteiger partial charge in [-0.05, 0) is 59.0 Å². The Morgan fingerprint density at radius 1 is 1.32 bits per heavy atom. The van der Waals surface area contributed by atoms with Gasteiger partial charge >= 0.3 is 0 Å². The van der Waals surface area contributed by atoms with Gasteiger partial charge in [0, 0.05) is 18.6 Å². The molecule has 0 bridgehead atoms. The molecule has 1 aliphatic heterocycles. The summed E-state index contributed by atoms with van der Waals surface area (Å²) in [6.07, 6.45) is 3.17. The quantitative estimate of drug-likeness (QED) is 0.726. The van der Waals surface area contributed by atoms with Gasteiger partial charge in [-0.2, -0.15) is 17.4 Å². The van der Waals surface area contributed by atoms with Crippen molar-refractivity contribution in [1.29, 1.82) is 0 Å². The highest BCUT2D eigenvalue weighted by Gasteiger charge is 2.31. The van der Waals surface area contributed by atoms with E-state index in [-0.39, 0.29) is 0 Å². The summed E-state index contributed by atoms with van der Waals surface area (Å²) >= 11 is 0. The van der Waals surface area contributed by atoms with Crippen LogP contribution in [0.4, 0.5) is 0 Å². The molecule has 0 radical (unpaired) electrons. The lowest BCUT2D eigenvalue weighted by Crippen LogP contribution is -2.52. The Hall–Kier alpha value is -0.170. The SMILES string of the molecule is CCCNCC1CCCN(S(=O)(=O)NC(C)(C)C)C1. The van der Waals surface area contributed by atoms with Gasteiger partial charge in [-0.3, -0.25) is 0 Å². The van der Waals surface area contributed by atoms with Crippen molar-refractivity contribution < 1.29 is 8.42 Å². The van der Waals surface area contributed by atoms with Gasteiger partial charge in [-0.1, -0.05) is 6.92 Å². The van der Waals surface area contributed by atoms with E-state index in [2.05, 4.69) is 17.0 Å². The Balaban J connectivity index is 2.54. The molecule has 0 saturated carbocycles. The van der Waals surface area contributed by atoms with Crippen molar-refractivity contribution in [3.05, 3.63) is 0 Å². The van der Waals surface area contributed by atoms with E-state index in [0.29, 0.717) is 19.0 Å². The van der Waals surface area contributed by atoms with Crippen molar-refractivity contribution >= 4 is 10.2 Å². The van der Waals surface area contributed by atoms with Crippen molar-refractivity contribution in [2.24, 2.45) is 5.92 Å². The Labute approximate surface area is 118 Å². The fourth-order valence-corrected chi connectivity index (χ4v) is 4.03. The van der Waals surface area contributed by atoms with Gasteiger partial charge in [-0.15, -0.1) is 0 Å². The molecule has 0 aliphatic carbocycles. The zero-order valence-electron chi connectivity index (χ0n) is 12.7. The summed E-state index contributed by atoms with van der Waals surface area (Å²) in [5.74, 6) is 0.428. The summed E-state index contributed by atoms with van der Waals surface area (Å²) in [5, 5.41) is 3.38. The van der Waals surface area contributed by atoms with Gasteiger partial charge < -0.3 is 5.32 Å². The molecule has 1 rings (SSSR count). The average Bonchev–Trinajstić information content (AvgIpc) is 2.27. The van der Waals surface area contributed by atoms with Crippen LogP contribution in [0.1, 0.15) is 47.0 Å². The average molecular weight is 291 g/mol. The summed E-state index contributed by atoms with van der Waals surface area (Å²) in [6, 6.07) is 0. The highest BCUT2D eigenvalue weighted by Crippen LogP contribution is 2.19. The second-order valence-electron chi connectivity index (χ2n) is 6.43. The van der Waals surface area contributed by atoms with E-state index in [9.17, 15) is 8.42 Å². The largest absolute Gasteiger partial charge is 0.316 e. The standard InChI is InChI=1S/C13H29N3O2S/c1-5-8-14-10-12-7-6-9-16(11-12)19(17,18)15-13(2,3)4/h12,14-15H,5-11H2,1-4H3. The first-order valence-corrected chi connectivity index (χ1v) is 8.68. The lowest BCUT2D eigenvalue weighted by atomic mass is 10.00. The molecule has 5 nitrogen and oxygen atoms in total. The number of nitrogens with zero attached hydrogens (tertiary/aromatic N) is 1. The molecule has 1 heterocycles. The van der Waals surface area contributed by atoms with Crippen LogP contribution in [0.25, 0.3) is 0 Å². The van der Waals surface area contributed by atoms with Crippen LogP contribution >= 0.6 is 0 Å². The molecular weight excluding hydrogens is 262 g/mol. The van der Waals surface area contributed by atoms with E-state index in [0.717, 1.165) is 32.4 Å². The van der Waals surface area contributed by atoms with Crippen molar-refractivity contribution in [3.63, 3.8) is 0 Å². The molecular formula is C13H29N3O2S. The second-order valence-corrected chi connectivity index (χ2v) is 8.10. The molecule has 1 unspecified atom stereocenters. The fourth-order valence-electron chi connectivity index (χ4n) is 2.35. The van der Waals surface area contributed by atoms with Gasteiger partial charge in [0.2, 0.25) is 0 Å². The molecule has 1 aliphatic rings. The lowest BCUT2D eigenvalue weighted by Gasteiger charge is -2.34. The van der Waals surface area contributed by atoms with Crippen LogP contribution in [-0.2, 0) is 10.2 Å². The first kappa shape index (κ1) is 16.9. The lowest BCUT2D eigenvalue weighted by molar-refractivity contribution is 0.255. The molecule has 6 heteroatoms. The molecule has 1 atom stereocenters. The minimum atomic E-state index is -3.35. The van der Waals surface area contributed by atoms with Crippen LogP contribution in [-0.4, -0.2) is 44.4 Å². The maximum absolute atomic E-state index is 12.3. The highest BCUT2D eigenvalue weighted by atomic mass is 32.2. The predicted octanol–water partition coefficient (Wildman–Crippen LogP) is 1.33. The summed E-state index contributed by atoms with van der Waals surface area (Å²) < 4.78 is 28.9. The summed E-state index contributed by atoms with van der Waals surface area (Å²) in [6.45, 7) is 10.9. The molecule has 1 fully saturated rings. The zero-order valence-corrected chi connectivity index (χ0v) is 13.5. The third-order valence-corrected chi connectivity index (χ3v) is 5.00. The molecule has 0 aromatic rings. The van der Waals surface area contributed by atoms with E-state index in [1.54, 1.807) is 4.31 Å². The van der Waals surface area contributed by atoms with Gasteiger partial charge in [0.1, 0.15) is 0 Å². The monoisotopic (exact) mass is 291 g/mol. The summed E-state index contributed by atoms with van der Waals surface area (Å²) in [5.41, 5.74) is -0.424. The summed E-state index contributed by atoms with van der Waals surface area (Å²) in [4.78, 5) is 0. The van der Waals surface area contributed by atoms with Gasteiger partial charge in [-0.25, -0.2) is 0 Å². The predicted molar refractivity (Wildman–Crippen MR) is 79.3 cm³/mol. The molecule has 0 spiro atoms. The Kier molecular flexibility index (Phi) is 6.23. The van der Waals surface area contributed by atoms with Crippen molar-refractivity contribution in [1.82, 2.24) is 14.3 Å². The van der Waals surface area contributed by atoms with Gasteiger partial charge in [0.05, 0.1) is 0 Å². The van der Waals surface area contributed by atoms with Crippen molar-refractivity contribution in [2.45, 2.75) is 52.5 Å². The van der Waals surface area contributed by atoms with E-state index >= 15 is 0 Å². The van der Waals surface area contributed by atoms with Crippen LogP contribution in [0, 0.1) is 5.92 Å². The molecule has 1 saturated heterocycles. The first-order chi connectivity index (χ1) is 8.74. The Morgan fingerprint density at radius 3 is 2.58 bits per heavy atom. The second kappa shape index (κ2) is 7.02. The van der Waals surface area contributed by atoms with E-state index in [1.165, 1.54) is 0 Å². The number of piperidine rings is 1. The number of rotatable bonds is 6. The molecule has 114 valence electrons. The van der Waals surface area contributed by atoms with Crippen molar-refractivity contribution in [3.8, 4) is 0 Å². The third kappa shape index (κ3) is 6.21. The van der Waals surface area contributed by atoms with Crippen LogP contribution in [0.5, 0.6) is 0 Å². The van der Waals surface area contributed by atoms with E-state index in [4.69, 9.17) is 0 Å². The smallest absolute Gasteiger partial charge is 0.279 e. The maximum Gasteiger partial charge on any atom is 0.279 e. The third-order valence-electron chi connectivity index (χ3n) is 3.12. The maximum atomic E-state index is 12.3. The Morgan fingerprint density at radius 2 is 2.00 bits per heavy atom. The molecule has 0 amide bonds. The van der Waals surface area contributed by atoms with Gasteiger partial charge in [0.25, 0.3) is 10.2 Å². The van der Waals surface area contributed by atoms with Crippen LogP contribution in [0.2, 0.25) is 0 Å². The minimum Gasteiger partial charge on any atom is -0.316 e. The normalized spacial score (nSPS) is 22.6. The van der Waals surface area contributed by atoms with Crippen LogP contribution in [0.3, 0.4) is 0 Å². The molecule has 0 aromatic carbocycles. The fraction of sp³-hybridized carbons (Fsp3) is 1.00.